The molecule has 0 amide bonds. The van der Waals surface area contributed by atoms with E-state index in [9.17, 15) is 0 Å². The Kier molecular flexibility index (Phi) is 1.40. The third kappa shape index (κ3) is 0.917. The third-order valence-corrected chi connectivity index (χ3v) is 1.75. The maximum atomic E-state index is 8.86. The Balaban J connectivity index is 2.66. The van der Waals surface area contributed by atoms with Crippen molar-refractivity contribution < 1.29 is 9.52 Å². The zero-order chi connectivity index (χ0) is 7.68. The first-order valence-electron chi connectivity index (χ1n) is 3.48. The van der Waals surface area contributed by atoms with Crippen molar-refractivity contribution in [3.8, 4) is 11.1 Å². The molecule has 1 N–H and O–H groups in total. The van der Waals surface area contributed by atoms with Gasteiger partial charge in [0.2, 0.25) is 0 Å². The number of hydrogen-bond donors (Lipinski definition) is 1. The van der Waals surface area contributed by atoms with Gasteiger partial charge in [-0.2, -0.15) is 0 Å². The van der Waals surface area contributed by atoms with E-state index in [1.54, 1.807) is 6.26 Å². The van der Waals surface area contributed by atoms with E-state index in [0.29, 0.717) is 5.76 Å². The van der Waals surface area contributed by atoms with Crippen LogP contribution in [-0.4, -0.2) is 5.11 Å². The second-order valence-electron chi connectivity index (χ2n) is 2.40. The molecule has 0 aromatic heterocycles. The first kappa shape index (κ1) is 6.43. The van der Waals surface area contributed by atoms with Crippen molar-refractivity contribution in [2.45, 2.75) is 6.61 Å². The van der Waals surface area contributed by atoms with Gasteiger partial charge in [0.25, 0.3) is 0 Å². The van der Waals surface area contributed by atoms with Crippen LogP contribution in [0.4, 0.5) is 0 Å². The summed E-state index contributed by atoms with van der Waals surface area (Å²) in [7, 11) is 0. The Labute approximate surface area is 64.4 Å². The van der Waals surface area contributed by atoms with Gasteiger partial charge in [-0.1, -0.05) is 18.2 Å². The van der Waals surface area contributed by atoms with Crippen LogP contribution in [0.2, 0.25) is 0 Å². The second kappa shape index (κ2) is 2.40. The molecule has 0 aromatic carbocycles. The highest BCUT2D eigenvalue weighted by atomic mass is 16.4. The number of fused-ring (bicyclic) bond motifs is 1. The van der Waals surface area contributed by atoms with Crippen LogP contribution in [0.25, 0.3) is 11.1 Å². The zero-order valence-electron chi connectivity index (χ0n) is 5.95. The molecule has 0 atom stereocenters. The summed E-state index contributed by atoms with van der Waals surface area (Å²) >= 11 is 0. The largest absolute Gasteiger partial charge is 0.466 e. The van der Waals surface area contributed by atoms with E-state index >= 15 is 0 Å². The maximum Gasteiger partial charge on any atom is 0.136 e. The average molecular weight is 148 g/mol. The predicted molar refractivity (Wildman–Crippen MR) is 41.3 cm³/mol. The summed E-state index contributed by atoms with van der Waals surface area (Å²) in [6.45, 7) is -0.0403. The van der Waals surface area contributed by atoms with E-state index < -0.39 is 0 Å². The van der Waals surface area contributed by atoms with Crippen molar-refractivity contribution >= 4 is 0 Å². The van der Waals surface area contributed by atoms with Gasteiger partial charge in [-0.3, -0.25) is 0 Å². The Morgan fingerprint density at radius 2 is 2.18 bits per heavy atom. The van der Waals surface area contributed by atoms with E-state index in [0.717, 1.165) is 11.1 Å². The van der Waals surface area contributed by atoms with Crippen LogP contribution in [-0.2, 0) is 6.61 Å². The normalized spacial score (nSPS) is 10.6. The summed E-state index contributed by atoms with van der Waals surface area (Å²) < 4.78 is 5.10. The van der Waals surface area contributed by atoms with Gasteiger partial charge in [-0.05, 0) is 11.6 Å². The quantitative estimate of drug-likeness (QED) is 0.669. The van der Waals surface area contributed by atoms with E-state index in [4.69, 9.17) is 9.52 Å². The van der Waals surface area contributed by atoms with Crippen molar-refractivity contribution in [2.75, 3.05) is 0 Å². The number of rotatable bonds is 1. The van der Waals surface area contributed by atoms with Crippen molar-refractivity contribution in [2.24, 2.45) is 0 Å². The Morgan fingerprint density at radius 1 is 1.27 bits per heavy atom. The van der Waals surface area contributed by atoms with Crippen molar-refractivity contribution in [1.82, 2.24) is 0 Å². The van der Waals surface area contributed by atoms with Crippen LogP contribution in [0, 0.1) is 0 Å². The van der Waals surface area contributed by atoms with E-state index in [-0.39, 0.29) is 6.61 Å². The molecule has 0 saturated heterocycles. The Morgan fingerprint density at radius 3 is 3.00 bits per heavy atom. The van der Waals surface area contributed by atoms with Gasteiger partial charge in [-0.15, -0.1) is 0 Å². The highest BCUT2D eigenvalue weighted by molar-refractivity contribution is 5.67. The van der Waals surface area contributed by atoms with E-state index in [1.807, 2.05) is 24.3 Å². The van der Waals surface area contributed by atoms with Gasteiger partial charge in [0.15, 0.2) is 0 Å². The maximum absolute atomic E-state index is 8.86. The molecular formula is C9H8O2. The van der Waals surface area contributed by atoms with Crippen molar-refractivity contribution in [1.29, 1.82) is 0 Å². The fraction of sp³-hybridized carbons (Fsp3) is 0.111. The summed E-state index contributed by atoms with van der Waals surface area (Å²) in [4.78, 5) is 0. The molecule has 0 unspecified atom stereocenters. The molecule has 0 bridgehead atoms. The van der Waals surface area contributed by atoms with Crippen molar-refractivity contribution in [3.63, 3.8) is 0 Å². The summed E-state index contributed by atoms with van der Waals surface area (Å²) in [5.41, 5.74) is 2.11. The average Bonchev–Trinajstić information content (AvgIpc) is 2.50. The minimum absolute atomic E-state index is 0.0403. The SMILES string of the molecule is OCc1occc2cccc1-2. The standard InChI is InChI=1S/C9H8O2/c10-6-9-8-3-1-2-7(8)4-5-11-9/h1-5,10H,6H2. The molecule has 0 fully saturated rings. The summed E-state index contributed by atoms with van der Waals surface area (Å²) in [5, 5.41) is 8.86. The lowest BCUT2D eigenvalue weighted by Gasteiger charge is -2.01. The van der Waals surface area contributed by atoms with E-state index in [1.165, 1.54) is 0 Å². The minimum Gasteiger partial charge on any atom is -0.466 e. The molecule has 0 radical (unpaired) electrons. The van der Waals surface area contributed by atoms with Gasteiger partial charge in [-0.25, -0.2) is 0 Å². The van der Waals surface area contributed by atoms with Crippen LogP contribution in [0.3, 0.4) is 0 Å². The zero-order valence-corrected chi connectivity index (χ0v) is 5.95. The molecule has 1 aliphatic carbocycles. The molecule has 56 valence electrons. The number of hydrogen-bond acceptors (Lipinski definition) is 2. The fourth-order valence-corrected chi connectivity index (χ4v) is 1.21. The minimum atomic E-state index is -0.0403. The van der Waals surface area contributed by atoms with Crippen LogP contribution >= 0.6 is 0 Å². The van der Waals surface area contributed by atoms with Gasteiger partial charge in [0, 0.05) is 5.56 Å². The molecule has 1 heterocycles. The number of aliphatic hydroxyl groups excluding tert-OH is 1. The van der Waals surface area contributed by atoms with Gasteiger partial charge in [0.05, 0.1) is 6.26 Å². The molecule has 2 rings (SSSR count). The molecule has 2 nitrogen and oxygen atoms in total. The lowest BCUT2D eigenvalue weighted by molar-refractivity contribution is 0.245. The van der Waals surface area contributed by atoms with Crippen molar-refractivity contribution in [3.05, 3.63) is 36.3 Å². The molecule has 0 aromatic rings. The first-order chi connectivity index (χ1) is 5.42. The number of aliphatic hydroxyl groups is 1. The van der Waals surface area contributed by atoms with Gasteiger partial charge < -0.3 is 9.52 Å². The van der Waals surface area contributed by atoms with Gasteiger partial charge >= 0.3 is 0 Å². The molecule has 2 heteroatoms. The van der Waals surface area contributed by atoms with Crippen LogP contribution < -0.4 is 0 Å². The summed E-state index contributed by atoms with van der Waals surface area (Å²) in [6, 6.07) is 7.75. The Bertz CT molecular complexity index is 324. The van der Waals surface area contributed by atoms with Crippen LogP contribution in [0.1, 0.15) is 5.76 Å². The molecule has 0 saturated carbocycles. The third-order valence-electron chi connectivity index (χ3n) is 1.75. The molecule has 2 aliphatic rings. The smallest absolute Gasteiger partial charge is 0.136 e. The molecule has 1 aliphatic heterocycles. The lowest BCUT2D eigenvalue weighted by Crippen LogP contribution is -1.85. The second-order valence-corrected chi connectivity index (χ2v) is 2.40. The molecular weight excluding hydrogens is 140 g/mol. The lowest BCUT2D eigenvalue weighted by atomic mass is 10.1. The molecule has 0 spiro atoms. The fourth-order valence-electron chi connectivity index (χ4n) is 1.21. The summed E-state index contributed by atoms with van der Waals surface area (Å²) in [5.74, 6) is 0.632. The predicted octanol–water partition coefficient (Wildman–Crippen LogP) is 1.88. The monoisotopic (exact) mass is 148 g/mol. The van der Waals surface area contributed by atoms with E-state index in [2.05, 4.69) is 0 Å². The highest BCUT2D eigenvalue weighted by Gasteiger charge is 2.07. The van der Waals surface area contributed by atoms with Crippen LogP contribution in [0.5, 0.6) is 0 Å². The van der Waals surface area contributed by atoms with Crippen LogP contribution in [0.15, 0.2) is 34.9 Å². The van der Waals surface area contributed by atoms with Gasteiger partial charge in [0.1, 0.15) is 12.4 Å². The summed E-state index contributed by atoms with van der Waals surface area (Å²) in [6.07, 6.45) is 1.59. The highest BCUT2D eigenvalue weighted by Crippen LogP contribution is 2.26. The molecule has 11 heavy (non-hydrogen) atoms. The Hall–Kier alpha value is -1.28. The first-order valence-corrected chi connectivity index (χ1v) is 3.48. The topological polar surface area (TPSA) is 33.4 Å².